The zero-order chi connectivity index (χ0) is 9.10. The van der Waals surface area contributed by atoms with Crippen molar-refractivity contribution in [3.8, 4) is 0 Å². The first kappa shape index (κ1) is 10.5. The van der Waals surface area contributed by atoms with Gasteiger partial charge in [0.2, 0.25) is 0 Å². The van der Waals surface area contributed by atoms with E-state index in [-0.39, 0.29) is 12.4 Å². The molecule has 74 valence electrons. The van der Waals surface area contributed by atoms with E-state index in [1.807, 2.05) is 0 Å². The summed E-state index contributed by atoms with van der Waals surface area (Å²) in [5, 5.41) is 3.08. The predicted molar refractivity (Wildman–Crippen MR) is 57.6 cm³/mol. The molecule has 6 heteroatoms. The quantitative estimate of drug-likeness (QED) is 0.753. The Morgan fingerprint density at radius 1 is 1.43 bits per heavy atom. The minimum absolute atomic E-state index is 0. The van der Waals surface area contributed by atoms with Gasteiger partial charge in [-0.15, -0.1) is 19.0 Å². The van der Waals surface area contributed by atoms with Crippen LogP contribution in [0.25, 0.3) is 11.2 Å². The number of nitrogens with one attached hydrogen (secondary N) is 2. The number of rotatable bonds is 3. The number of H-pyrrole nitrogens is 1. The fourth-order valence-electron chi connectivity index (χ4n) is 1.07. The molecule has 2 heterocycles. The van der Waals surface area contributed by atoms with Crippen LogP contribution in [0.4, 0.5) is 5.82 Å². The second-order valence-electron chi connectivity index (χ2n) is 2.49. The SMILES string of the molecule is C=CCNc1ncnc2nc[nH]c12.Cl. The van der Waals surface area contributed by atoms with Crippen LogP contribution in [0.15, 0.2) is 25.3 Å². The van der Waals surface area contributed by atoms with Crippen LogP contribution in [0.3, 0.4) is 0 Å². The van der Waals surface area contributed by atoms with Gasteiger partial charge in [0.15, 0.2) is 11.5 Å². The first-order chi connectivity index (χ1) is 6.42. The highest BCUT2D eigenvalue weighted by Crippen LogP contribution is 2.13. The van der Waals surface area contributed by atoms with E-state index in [0.717, 1.165) is 11.3 Å². The van der Waals surface area contributed by atoms with Crippen LogP contribution in [-0.4, -0.2) is 26.5 Å². The Hall–Kier alpha value is -1.62. The maximum atomic E-state index is 4.08. The normalized spacial score (nSPS) is 9.43. The molecule has 2 aromatic heterocycles. The summed E-state index contributed by atoms with van der Waals surface area (Å²) in [7, 11) is 0. The summed E-state index contributed by atoms with van der Waals surface area (Å²) >= 11 is 0. The second-order valence-corrected chi connectivity index (χ2v) is 2.49. The zero-order valence-corrected chi connectivity index (χ0v) is 8.21. The Bertz CT molecular complexity index is 424. The highest BCUT2D eigenvalue weighted by Gasteiger charge is 2.02. The number of hydrogen-bond acceptors (Lipinski definition) is 4. The molecule has 0 radical (unpaired) electrons. The molecule has 0 fully saturated rings. The van der Waals surface area contributed by atoms with E-state index >= 15 is 0 Å². The Labute approximate surface area is 87.1 Å². The van der Waals surface area contributed by atoms with Crippen molar-refractivity contribution in [2.45, 2.75) is 0 Å². The molecule has 0 aliphatic carbocycles. The smallest absolute Gasteiger partial charge is 0.182 e. The third-order valence-electron chi connectivity index (χ3n) is 1.64. The first-order valence-corrected chi connectivity index (χ1v) is 3.90. The molecule has 2 N–H and O–H groups in total. The minimum atomic E-state index is 0. The zero-order valence-electron chi connectivity index (χ0n) is 7.40. The summed E-state index contributed by atoms with van der Waals surface area (Å²) in [5.41, 5.74) is 1.49. The number of halogens is 1. The summed E-state index contributed by atoms with van der Waals surface area (Å²) in [6, 6.07) is 0. The van der Waals surface area contributed by atoms with Crippen LogP contribution >= 0.6 is 12.4 Å². The molecular formula is C8H10ClN5. The Morgan fingerprint density at radius 2 is 2.29 bits per heavy atom. The topological polar surface area (TPSA) is 66.5 Å². The second kappa shape index (κ2) is 4.57. The van der Waals surface area contributed by atoms with Crippen LogP contribution in [-0.2, 0) is 0 Å². The van der Waals surface area contributed by atoms with Crippen molar-refractivity contribution in [2.24, 2.45) is 0 Å². The van der Waals surface area contributed by atoms with E-state index < -0.39 is 0 Å². The highest BCUT2D eigenvalue weighted by molar-refractivity contribution is 5.85. The summed E-state index contributed by atoms with van der Waals surface area (Å²) in [6.45, 7) is 4.28. The van der Waals surface area contributed by atoms with E-state index in [1.54, 1.807) is 12.4 Å². The molecule has 0 bridgehead atoms. The standard InChI is InChI=1S/C8H9N5.ClH/c1-2-3-9-7-6-8(11-4-10-6)13-5-12-7;/h2,4-5H,1,3H2,(H2,9,10,11,12,13);1H. The van der Waals surface area contributed by atoms with Crippen molar-refractivity contribution in [2.75, 3.05) is 11.9 Å². The van der Waals surface area contributed by atoms with Crippen LogP contribution in [0.1, 0.15) is 0 Å². The maximum Gasteiger partial charge on any atom is 0.182 e. The van der Waals surface area contributed by atoms with Crippen molar-refractivity contribution < 1.29 is 0 Å². The number of aromatic nitrogens is 4. The maximum absolute atomic E-state index is 4.08. The van der Waals surface area contributed by atoms with Gasteiger partial charge in [-0.2, -0.15) is 0 Å². The fraction of sp³-hybridized carbons (Fsp3) is 0.125. The molecule has 0 spiro atoms. The van der Waals surface area contributed by atoms with Crippen LogP contribution in [0.5, 0.6) is 0 Å². The van der Waals surface area contributed by atoms with Gasteiger partial charge in [-0.05, 0) is 0 Å². The van der Waals surface area contributed by atoms with E-state index in [2.05, 4.69) is 31.8 Å². The molecular weight excluding hydrogens is 202 g/mol. The Balaban J connectivity index is 0.000000980. The van der Waals surface area contributed by atoms with Gasteiger partial charge in [0.25, 0.3) is 0 Å². The van der Waals surface area contributed by atoms with Gasteiger partial charge in [0.05, 0.1) is 6.33 Å². The number of imidazole rings is 1. The van der Waals surface area contributed by atoms with Crippen molar-refractivity contribution in [3.63, 3.8) is 0 Å². The lowest BCUT2D eigenvalue weighted by molar-refractivity contribution is 1.17. The molecule has 0 saturated carbocycles. The monoisotopic (exact) mass is 211 g/mol. The van der Waals surface area contributed by atoms with Crippen LogP contribution in [0, 0.1) is 0 Å². The van der Waals surface area contributed by atoms with Gasteiger partial charge in [0.1, 0.15) is 11.8 Å². The average molecular weight is 212 g/mol. The van der Waals surface area contributed by atoms with E-state index in [1.165, 1.54) is 6.33 Å². The third-order valence-corrected chi connectivity index (χ3v) is 1.64. The van der Waals surface area contributed by atoms with Crippen LogP contribution in [0.2, 0.25) is 0 Å². The molecule has 0 unspecified atom stereocenters. The largest absolute Gasteiger partial charge is 0.365 e. The molecule has 0 aromatic carbocycles. The third kappa shape index (κ3) is 1.82. The predicted octanol–water partition coefficient (Wildman–Crippen LogP) is 1.37. The molecule has 2 rings (SSSR count). The lowest BCUT2D eigenvalue weighted by Crippen LogP contribution is -2.01. The van der Waals surface area contributed by atoms with Crippen molar-refractivity contribution >= 4 is 29.4 Å². The van der Waals surface area contributed by atoms with Crippen LogP contribution < -0.4 is 5.32 Å². The molecule has 2 aromatic rings. The summed E-state index contributed by atoms with van der Waals surface area (Å²) in [6.07, 6.45) is 4.84. The van der Waals surface area contributed by atoms with Gasteiger partial charge in [-0.3, -0.25) is 0 Å². The first-order valence-electron chi connectivity index (χ1n) is 3.90. The number of nitrogens with zero attached hydrogens (tertiary/aromatic N) is 3. The Kier molecular flexibility index (Phi) is 3.41. The molecule has 0 amide bonds. The number of fused-ring (bicyclic) bond motifs is 1. The summed E-state index contributed by atoms with van der Waals surface area (Å²) < 4.78 is 0. The highest BCUT2D eigenvalue weighted by atomic mass is 35.5. The van der Waals surface area contributed by atoms with E-state index in [4.69, 9.17) is 0 Å². The number of aromatic amines is 1. The molecule has 0 atom stereocenters. The van der Waals surface area contributed by atoms with Crippen molar-refractivity contribution in [3.05, 3.63) is 25.3 Å². The minimum Gasteiger partial charge on any atom is -0.365 e. The van der Waals surface area contributed by atoms with Gasteiger partial charge in [-0.25, -0.2) is 15.0 Å². The van der Waals surface area contributed by atoms with Gasteiger partial charge in [0, 0.05) is 6.54 Å². The van der Waals surface area contributed by atoms with E-state index in [0.29, 0.717) is 12.2 Å². The van der Waals surface area contributed by atoms with Gasteiger partial charge < -0.3 is 10.3 Å². The van der Waals surface area contributed by atoms with Crippen molar-refractivity contribution in [1.82, 2.24) is 19.9 Å². The molecule has 0 aliphatic rings. The fourth-order valence-corrected chi connectivity index (χ4v) is 1.07. The number of anilines is 1. The van der Waals surface area contributed by atoms with E-state index in [9.17, 15) is 0 Å². The molecule has 0 saturated heterocycles. The van der Waals surface area contributed by atoms with Crippen molar-refractivity contribution in [1.29, 1.82) is 0 Å². The lowest BCUT2D eigenvalue weighted by atomic mass is 10.5. The summed E-state index contributed by atoms with van der Waals surface area (Å²) in [4.78, 5) is 15.0. The molecule has 0 aliphatic heterocycles. The number of hydrogen-bond donors (Lipinski definition) is 2. The van der Waals surface area contributed by atoms with Gasteiger partial charge >= 0.3 is 0 Å². The molecule has 14 heavy (non-hydrogen) atoms. The van der Waals surface area contributed by atoms with Gasteiger partial charge in [-0.1, -0.05) is 6.08 Å². The molecule has 5 nitrogen and oxygen atoms in total. The Morgan fingerprint density at radius 3 is 3.07 bits per heavy atom. The lowest BCUT2D eigenvalue weighted by Gasteiger charge is -2.01. The summed E-state index contributed by atoms with van der Waals surface area (Å²) in [5.74, 6) is 0.752. The average Bonchev–Trinajstić information content (AvgIpc) is 2.62.